The molecule has 1 amide bonds. The normalized spacial score (nSPS) is 23.6. The van der Waals surface area contributed by atoms with Gasteiger partial charge in [-0.3, -0.25) is 4.90 Å². The number of rotatable bonds is 2. The number of likely N-dealkylation sites (tertiary alicyclic amines) is 1. The van der Waals surface area contributed by atoms with Crippen LogP contribution in [0.5, 0.6) is 0 Å². The van der Waals surface area contributed by atoms with Crippen molar-refractivity contribution in [2.24, 2.45) is 0 Å². The average molecular weight is 267 g/mol. The Balaban J connectivity index is 3.03. The molecule has 0 aromatic carbocycles. The van der Waals surface area contributed by atoms with Crippen molar-refractivity contribution in [3.05, 3.63) is 0 Å². The Labute approximate surface area is 113 Å². The topological polar surface area (TPSA) is 66.8 Å². The molecule has 5 heteroatoms. The van der Waals surface area contributed by atoms with Gasteiger partial charge in [0.25, 0.3) is 0 Å². The Morgan fingerprint density at radius 2 is 2.05 bits per heavy atom. The zero-order valence-corrected chi connectivity index (χ0v) is 11.7. The first-order valence-corrected chi connectivity index (χ1v) is 6.40. The van der Waals surface area contributed by atoms with Gasteiger partial charge in [-0.25, -0.2) is 9.59 Å². The zero-order valence-electron chi connectivity index (χ0n) is 11.7. The van der Waals surface area contributed by atoms with Gasteiger partial charge >= 0.3 is 12.1 Å². The van der Waals surface area contributed by atoms with Crippen molar-refractivity contribution in [2.45, 2.75) is 57.6 Å². The van der Waals surface area contributed by atoms with E-state index in [-0.39, 0.29) is 6.42 Å². The Bertz CT molecular complexity index is 405. The second-order valence-electron chi connectivity index (χ2n) is 5.81. The summed E-state index contributed by atoms with van der Waals surface area (Å²) in [6.45, 7) is 5.61. The van der Waals surface area contributed by atoms with Gasteiger partial charge in [-0.1, -0.05) is 0 Å². The minimum atomic E-state index is -1.32. The van der Waals surface area contributed by atoms with E-state index in [1.807, 2.05) is 0 Å². The summed E-state index contributed by atoms with van der Waals surface area (Å²) >= 11 is 0. The van der Waals surface area contributed by atoms with Gasteiger partial charge < -0.3 is 9.84 Å². The number of terminal acetylenes is 1. The molecule has 0 saturated carbocycles. The fourth-order valence-electron chi connectivity index (χ4n) is 2.27. The summed E-state index contributed by atoms with van der Waals surface area (Å²) in [5.41, 5.74) is -1.98. The third kappa shape index (κ3) is 3.40. The van der Waals surface area contributed by atoms with Crippen LogP contribution >= 0.6 is 0 Å². The molecule has 5 nitrogen and oxygen atoms in total. The largest absolute Gasteiger partial charge is 0.479 e. The van der Waals surface area contributed by atoms with E-state index in [4.69, 9.17) is 11.2 Å². The van der Waals surface area contributed by atoms with Crippen molar-refractivity contribution in [2.75, 3.05) is 6.54 Å². The number of hydrogen-bond donors (Lipinski definition) is 1. The number of carboxylic acids is 1. The number of carboxylic acid groups (broad SMARTS) is 1. The molecule has 1 N–H and O–H groups in total. The quantitative estimate of drug-likeness (QED) is 0.779. The average Bonchev–Trinajstić information content (AvgIpc) is 2.27. The number of carbonyl (C=O) groups is 2. The maximum atomic E-state index is 12.2. The zero-order chi connectivity index (χ0) is 14.7. The van der Waals surface area contributed by atoms with Crippen molar-refractivity contribution < 1.29 is 19.4 Å². The van der Waals surface area contributed by atoms with E-state index in [0.29, 0.717) is 13.0 Å². The molecule has 0 spiro atoms. The van der Waals surface area contributed by atoms with E-state index < -0.39 is 23.2 Å². The predicted octanol–water partition coefficient (Wildman–Crippen LogP) is 2.25. The van der Waals surface area contributed by atoms with Crippen LogP contribution < -0.4 is 0 Å². The van der Waals surface area contributed by atoms with Crippen LogP contribution in [0.2, 0.25) is 0 Å². The van der Waals surface area contributed by atoms with Crippen molar-refractivity contribution >= 4 is 12.1 Å². The van der Waals surface area contributed by atoms with Gasteiger partial charge in [0.2, 0.25) is 0 Å². The minimum absolute atomic E-state index is 0.00156. The molecule has 19 heavy (non-hydrogen) atoms. The molecular weight excluding hydrogens is 246 g/mol. The number of amides is 1. The van der Waals surface area contributed by atoms with Crippen LogP contribution in [0.4, 0.5) is 4.79 Å². The van der Waals surface area contributed by atoms with Crippen molar-refractivity contribution in [3.8, 4) is 12.3 Å². The Kier molecular flexibility index (Phi) is 4.46. The third-order valence-corrected chi connectivity index (χ3v) is 3.15. The molecule has 0 aromatic rings. The lowest BCUT2D eigenvalue weighted by Crippen LogP contribution is -2.60. The Morgan fingerprint density at radius 3 is 2.53 bits per heavy atom. The number of ether oxygens (including phenoxy) is 1. The van der Waals surface area contributed by atoms with Gasteiger partial charge in [0, 0.05) is 13.0 Å². The van der Waals surface area contributed by atoms with Crippen LogP contribution in [0, 0.1) is 12.3 Å². The van der Waals surface area contributed by atoms with Gasteiger partial charge in [0.1, 0.15) is 5.60 Å². The van der Waals surface area contributed by atoms with Gasteiger partial charge in [-0.05, 0) is 40.0 Å². The molecule has 1 atom stereocenters. The Morgan fingerprint density at radius 1 is 1.42 bits per heavy atom. The maximum Gasteiger partial charge on any atom is 0.411 e. The standard InChI is InChI=1S/C14H21NO4/c1-5-8-14(11(16)17)9-6-7-10-15(14)12(18)19-13(2,3)4/h1H,6-10H2,2-4H3,(H,16,17)/t14-/m0/s1. The van der Waals surface area contributed by atoms with Crippen LogP contribution in [0.1, 0.15) is 46.5 Å². The molecular formula is C14H21NO4. The van der Waals surface area contributed by atoms with Crippen molar-refractivity contribution in [3.63, 3.8) is 0 Å². The summed E-state index contributed by atoms with van der Waals surface area (Å²) in [6, 6.07) is 0. The highest BCUT2D eigenvalue weighted by Gasteiger charge is 2.48. The summed E-state index contributed by atoms with van der Waals surface area (Å²) in [5.74, 6) is 1.32. The molecule has 0 bridgehead atoms. The highest BCUT2D eigenvalue weighted by Crippen LogP contribution is 2.33. The minimum Gasteiger partial charge on any atom is -0.479 e. The van der Waals surface area contributed by atoms with E-state index in [1.165, 1.54) is 4.90 Å². The second kappa shape index (κ2) is 5.52. The molecule has 0 aliphatic carbocycles. The first kappa shape index (κ1) is 15.4. The highest BCUT2D eigenvalue weighted by molar-refractivity contribution is 5.85. The van der Waals surface area contributed by atoms with E-state index in [9.17, 15) is 14.7 Å². The molecule has 0 radical (unpaired) electrons. The van der Waals surface area contributed by atoms with Crippen LogP contribution in [-0.2, 0) is 9.53 Å². The molecule has 0 unspecified atom stereocenters. The lowest BCUT2D eigenvalue weighted by molar-refractivity contribution is -0.153. The predicted molar refractivity (Wildman–Crippen MR) is 70.6 cm³/mol. The number of hydrogen-bond acceptors (Lipinski definition) is 3. The summed E-state index contributed by atoms with van der Waals surface area (Å²) < 4.78 is 5.28. The molecule has 1 heterocycles. The molecule has 1 rings (SSSR count). The Hall–Kier alpha value is -1.70. The van der Waals surface area contributed by atoms with Gasteiger partial charge in [0.15, 0.2) is 5.54 Å². The summed E-state index contributed by atoms with van der Waals surface area (Å²) in [6.07, 6.45) is 6.55. The summed E-state index contributed by atoms with van der Waals surface area (Å²) in [5, 5.41) is 9.49. The van der Waals surface area contributed by atoms with E-state index in [1.54, 1.807) is 20.8 Å². The molecule has 1 aliphatic heterocycles. The van der Waals surface area contributed by atoms with Gasteiger partial charge in [-0.2, -0.15) is 0 Å². The van der Waals surface area contributed by atoms with E-state index >= 15 is 0 Å². The van der Waals surface area contributed by atoms with Crippen LogP contribution in [0.25, 0.3) is 0 Å². The fourth-order valence-corrected chi connectivity index (χ4v) is 2.27. The lowest BCUT2D eigenvalue weighted by Gasteiger charge is -2.43. The number of aliphatic carboxylic acids is 1. The fraction of sp³-hybridized carbons (Fsp3) is 0.714. The third-order valence-electron chi connectivity index (χ3n) is 3.15. The molecule has 1 aliphatic rings. The van der Waals surface area contributed by atoms with Crippen molar-refractivity contribution in [1.82, 2.24) is 4.90 Å². The van der Waals surface area contributed by atoms with Gasteiger partial charge in [0.05, 0.1) is 0 Å². The number of carbonyl (C=O) groups excluding carboxylic acids is 1. The summed E-state index contributed by atoms with van der Waals surface area (Å²) in [4.78, 5) is 25.1. The molecule has 106 valence electrons. The highest BCUT2D eigenvalue weighted by atomic mass is 16.6. The second-order valence-corrected chi connectivity index (χ2v) is 5.81. The number of piperidine rings is 1. The molecule has 0 aromatic heterocycles. The van der Waals surface area contributed by atoms with Crippen LogP contribution in [0.15, 0.2) is 0 Å². The SMILES string of the molecule is C#CC[C@@]1(C(=O)O)CCCCN1C(=O)OC(C)(C)C. The molecule has 1 fully saturated rings. The van der Waals surface area contributed by atoms with Gasteiger partial charge in [-0.15, -0.1) is 12.3 Å². The van der Waals surface area contributed by atoms with E-state index in [0.717, 1.165) is 12.8 Å². The first-order valence-electron chi connectivity index (χ1n) is 6.40. The number of nitrogens with zero attached hydrogens (tertiary/aromatic N) is 1. The maximum absolute atomic E-state index is 12.2. The van der Waals surface area contributed by atoms with E-state index in [2.05, 4.69) is 5.92 Å². The van der Waals surface area contributed by atoms with Crippen LogP contribution in [0.3, 0.4) is 0 Å². The molecule has 1 saturated heterocycles. The monoisotopic (exact) mass is 267 g/mol. The smallest absolute Gasteiger partial charge is 0.411 e. The lowest BCUT2D eigenvalue weighted by atomic mass is 9.84. The van der Waals surface area contributed by atoms with Crippen molar-refractivity contribution in [1.29, 1.82) is 0 Å². The summed E-state index contributed by atoms with van der Waals surface area (Å²) in [7, 11) is 0. The van der Waals surface area contributed by atoms with Crippen LogP contribution in [-0.4, -0.2) is 39.8 Å². The first-order chi connectivity index (χ1) is 8.73.